The Morgan fingerprint density at radius 1 is 0.390 bits per heavy atom. The average Bonchev–Trinajstić information content (AvgIpc) is 2.98. The van der Waals surface area contributed by atoms with Crippen molar-refractivity contribution in [1.82, 2.24) is 0 Å². The van der Waals surface area contributed by atoms with Gasteiger partial charge in [-0.25, -0.2) is 0 Å². The van der Waals surface area contributed by atoms with Crippen LogP contribution in [0.25, 0.3) is 0 Å². The molecule has 0 aromatic rings. The topological polar surface area (TPSA) is 55.4 Å². The number of rotatable bonds is 31. The van der Waals surface area contributed by atoms with Crippen LogP contribution in [-0.2, 0) is 26.6 Å². The van der Waals surface area contributed by atoms with Crippen molar-refractivity contribution in [3.8, 4) is 0 Å². The van der Waals surface area contributed by atoms with Gasteiger partial charge in [-0.1, -0.05) is 96.8 Å². The highest BCUT2D eigenvalue weighted by Crippen LogP contribution is 2.22. The monoisotopic (exact) mass is 687 g/mol. The average molecular weight is 689 g/mol. The molecule has 0 rings (SSSR count). The Balaban J connectivity index is 0. The van der Waals surface area contributed by atoms with Crippen molar-refractivity contribution in [2.75, 3.05) is 69.3 Å². The van der Waals surface area contributed by atoms with E-state index in [2.05, 4.69) is 14.0 Å². The predicted octanol–water partition coefficient (Wildman–Crippen LogP) is 5.23. The lowest BCUT2D eigenvalue weighted by molar-refractivity contribution is -0.909. The molecule has 0 aliphatic carbocycles. The van der Waals surface area contributed by atoms with E-state index >= 15 is 0 Å². The summed E-state index contributed by atoms with van der Waals surface area (Å²) in [7, 11) is 7.54. The molecular formula is C31H70BrNO6Si2. The van der Waals surface area contributed by atoms with E-state index in [0.717, 1.165) is 42.5 Å². The van der Waals surface area contributed by atoms with Crippen LogP contribution in [0.15, 0.2) is 0 Å². The molecule has 250 valence electrons. The van der Waals surface area contributed by atoms with Gasteiger partial charge in [-0.15, -0.1) is 0 Å². The summed E-state index contributed by atoms with van der Waals surface area (Å²) in [6, 6.07) is 1.69. The van der Waals surface area contributed by atoms with Crippen LogP contribution >= 0.6 is 0 Å². The molecule has 0 unspecified atom stereocenters. The van der Waals surface area contributed by atoms with Gasteiger partial charge < -0.3 is 48.0 Å². The second kappa shape index (κ2) is 28.1. The van der Waals surface area contributed by atoms with E-state index in [0.29, 0.717) is 0 Å². The maximum atomic E-state index is 5.66. The molecular weight excluding hydrogens is 618 g/mol. The van der Waals surface area contributed by atoms with Gasteiger partial charge in [0.05, 0.1) is 26.7 Å². The number of halogens is 1. The second-order valence-corrected chi connectivity index (χ2v) is 18.1. The molecule has 0 saturated heterocycles. The molecule has 0 fully saturated rings. The molecule has 0 saturated carbocycles. The molecule has 0 heterocycles. The molecule has 0 spiro atoms. The van der Waals surface area contributed by atoms with Crippen LogP contribution in [0.4, 0.5) is 0 Å². The first kappa shape index (κ1) is 43.8. The number of hydrogen-bond acceptors (Lipinski definition) is 6. The first-order chi connectivity index (χ1) is 19.3. The fraction of sp³-hybridized carbons (Fsp3) is 1.00. The summed E-state index contributed by atoms with van der Waals surface area (Å²) in [6.45, 7) is 5.67. The Kier molecular flexibility index (Phi) is 30.0. The molecule has 10 heteroatoms. The Hall–Kier alpha value is 0.634. The predicted molar refractivity (Wildman–Crippen MR) is 173 cm³/mol. The highest BCUT2D eigenvalue weighted by molar-refractivity contribution is 6.60. The lowest BCUT2D eigenvalue weighted by atomic mass is 10.0. The van der Waals surface area contributed by atoms with Crippen molar-refractivity contribution >= 4 is 17.6 Å². The maximum absolute atomic E-state index is 5.66. The van der Waals surface area contributed by atoms with Gasteiger partial charge >= 0.3 is 17.6 Å². The summed E-state index contributed by atoms with van der Waals surface area (Å²) in [5.74, 6) is 0. The standard InChI is InChI=1S/C31H70NO6Si2.BrH/c1-9-10-11-12-13-14-15-16-17-18-19-20-21-22-23-24-27-32(2,28-25-30-39(33-3,34-4)35-5)29-26-31-40(36-6,37-7)38-8;/h9-31H2,1-8H3;1H/q+1;/p-1. The SMILES string of the molecule is CCCCCCCCCCCCCCCCCC[N+](C)(CCC[Si](OC)(OC)OC)CCC[Si](OC)(OC)OC.[Br-]. The Morgan fingerprint density at radius 3 is 0.902 bits per heavy atom. The second-order valence-electron chi connectivity index (χ2n) is 11.9. The molecule has 0 radical (unpaired) electrons. The Labute approximate surface area is 268 Å². The van der Waals surface area contributed by atoms with Gasteiger partial charge in [0.1, 0.15) is 0 Å². The highest BCUT2D eigenvalue weighted by Gasteiger charge is 2.40. The fourth-order valence-corrected chi connectivity index (χ4v) is 9.25. The van der Waals surface area contributed by atoms with Crippen LogP contribution < -0.4 is 17.0 Å². The molecule has 0 aliphatic rings. The first-order valence-electron chi connectivity index (χ1n) is 16.5. The lowest BCUT2D eigenvalue weighted by Crippen LogP contribution is -3.00. The van der Waals surface area contributed by atoms with Crippen molar-refractivity contribution < 1.29 is 48.0 Å². The number of nitrogens with zero attached hydrogens (tertiary/aromatic N) is 1. The first-order valence-corrected chi connectivity index (χ1v) is 20.3. The smallest absolute Gasteiger partial charge is 0.500 e. The minimum atomic E-state index is -2.54. The van der Waals surface area contributed by atoms with E-state index < -0.39 is 17.6 Å². The molecule has 0 bridgehead atoms. The van der Waals surface area contributed by atoms with Crippen LogP contribution in [0.3, 0.4) is 0 Å². The van der Waals surface area contributed by atoms with Gasteiger partial charge in [-0.05, 0) is 12.8 Å². The third-order valence-electron chi connectivity index (χ3n) is 8.78. The number of quaternary nitrogens is 1. The molecule has 7 nitrogen and oxygen atoms in total. The summed E-state index contributed by atoms with van der Waals surface area (Å²) in [4.78, 5) is 0. The van der Waals surface area contributed by atoms with Crippen molar-refractivity contribution in [2.45, 2.75) is 135 Å². The largest absolute Gasteiger partial charge is 1.00 e. The van der Waals surface area contributed by atoms with Gasteiger partial charge in [0.15, 0.2) is 0 Å². The number of unbranched alkanes of at least 4 members (excludes halogenated alkanes) is 15. The molecule has 0 aliphatic heterocycles. The summed E-state index contributed by atoms with van der Waals surface area (Å²) < 4.78 is 35.0. The van der Waals surface area contributed by atoms with Crippen LogP contribution in [0.2, 0.25) is 12.1 Å². The summed E-state index contributed by atoms with van der Waals surface area (Å²) in [6.07, 6.45) is 24.5. The summed E-state index contributed by atoms with van der Waals surface area (Å²) in [5.41, 5.74) is 0. The van der Waals surface area contributed by atoms with Gasteiger partial charge in [-0.2, -0.15) is 0 Å². The van der Waals surface area contributed by atoms with Crippen molar-refractivity contribution in [3.63, 3.8) is 0 Å². The molecule has 0 atom stereocenters. The third-order valence-corrected chi connectivity index (χ3v) is 14.4. The van der Waals surface area contributed by atoms with E-state index in [1.165, 1.54) is 109 Å². The molecule has 0 aromatic carbocycles. The van der Waals surface area contributed by atoms with Crippen molar-refractivity contribution in [2.24, 2.45) is 0 Å². The van der Waals surface area contributed by atoms with Crippen molar-refractivity contribution in [3.05, 3.63) is 0 Å². The van der Waals surface area contributed by atoms with Crippen LogP contribution in [0.1, 0.15) is 122 Å². The van der Waals surface area contributed by atoms with Gasteiger partial charge in [0, 0.05) is 67.6 Å². The minimum absolute atomic E-state index is 0. The molecule has 0 amide bonds. The van der Waals surface area contributed by atoms with Gasteiger partial charge in [-0.3, -0.25) is 0 Å². The van der Waals surface area contributed by atoms with Crippen LogP contribution in [0, 0.1) is 0 Å². The zero-order valence-corrected chi connectivity index (χ0v) is 32.1. The summed E-state index contributed by atoms with van der Waals surface area (Å²) >= 11 is 0. The van der Waals surface area contributed by atoms with E-state index in [1.54, 1.807) is 42.7 Å². The molecule has 0 aromatic heterocycles. The normalized spacial score (nSPS) is 12.6. The van der Waals surface area contributed by atoms with Crippen molar-refractivity contribution in [1.29, 1.82) is 0 Å². The van der Waals surface area contributed by atoms with Gasteiger partial charge in [0.25, 0.3) is 0 Å². The van der Waals surface area contributed by atoms with E-state index in [4.69, 9.17) is 26.6 Å². The van der Waals surface area contributed by atoms with E-state index in [-0.39, 0.29) is 17.0 Å². The number of hydrogen-bond donors (Lipinski definition) is 0. The third kappa shape index (κ3) is 21.1. The lowest BCUT2D eigenvalue weighted by Gasteiger charge is -2.36. The Morgan fingerprint density at radius 2 is 0.634 bits per heavy atom. The summed E-state index contributed by atoms with van der Waals surface area (Å²) in [5, 5.41) is 0. The minimum Gasteiger partial charge on any atom is -1.00 e. The van der Waals surface area contributed by atoms with E-state index in [9.17, 15) is 0 Å². The van der Waals surface area contributed by atoms with Crippen LogP contribution in [-0.4, -0.2) is 91.4 Å². The van der Waals surface area contributed by atoms with Gasteiger partial charge in [0.2, 0.25) is 0 Å². The van der Waals surface area contributed by atoms with Crippen LogP contribution in [0.5, 0.6) is 0 Å². The maximum Gasteiger partial charge on any atom is 0.500 e. The zero-order chi connectivity index (χ0) is 30.0. The quantitative estimate of drug-likeness (QED) is 0.0565. The molecule has 0 N–H and O–H groups in total. The Bertz CT molecular complexity index is 514. The fourth-order valence-electron chi connectivity index (χ4n) is 5.84. The molecule has 41 heavy (non-hydrogen) atoms. The van der Waals surface area contributed by atoms with E-state index in [1.807, 2.05) is 0 Å². The zero-order valence-electron chi connectivity index (χ0n) is 28.5. The highest BCUT2D eigenvalue weighted by atomic mass is 79.9.